The van der Waals surface area contributed by atoms with Gasteiger partial charge in [-0.05, 0) is 24.3 Å². The zero-order chi connectivity index (χ0) is 11.7. The van der Waals surface area contributed by atoms with E-state index in [0.717, 1.165) is 11.5 Å². The van der Waals surface area contributed by atoms with Crippen molar-refractivity contribution in [1.29, 1.82) is 0 Å². The lowest BCUT2D eigenvalue weighted by Gasteiger charge is -2.16. The molecule has 0 saturated carbocycles. The van der Waals surface area contributed by atoms with Gasteiger partial charge >= 0.3 is 6.03 Å². The largest absolute Gasteiger partial charge is 0.365 e. The predicted molar refractivity (Wildman–Crippen MR) is 65.3 cm³/mol. The molecule has 0 aliphatic carbocycles. The maximum absolute atomic E-state index is 11.7. The van der Waals surface area contributed by atoms with Crippen LogP contribution in [0.1, 0.15) is 0 Å². The molecule has 0 spiro atoms. The van der Waals surface area contributed by atoms with Crippen LogP contribution < -0.4 is 4.90 Å². The quantitative estimate of drug-likeness (QED) is 0.751. The molecule has 1 aliphatic heterocycles. The van der Waals surface area contributed by atoms with Gasteiger partial charge in [0.05, 0.1) is 6.54 Å². The van der Waals surface area contributed by atoms with Gasteiger partial charge in [-0.3, -0.25) is 4.90 Å². The normalized spacial score (nSPS) is 15.3. The molecule has 1 aromatic carbocycles. The first kappa shape index (κ1) is 11.0. The molecule has 2 amide bonds. The molecule has 0 aromatic heterocycles. The number of benzene rings is 1. The number of rotatable bonds is 1. The molecule has 0 unspecified atom stereocenters. The molecule has 1 heterocycles. The first-order valence-electron chi connectivity index (χ1n) is 4.90. The van der Waals surface area contributed by atoms with Crippen LogP contribution in [-0.2, 0) is 0 Å². The Balaban J connectivity index is 2.20. The minimum atomic E-state index is -0.231. The van der Waals surface area contributed by atoms with E-state index in [2.05, 4.69) is 4.99 Å². The zero-order valence-electron chi connectivity index (χ0n) is 9.14. The topological polar surface area (TPSA) is 35.9 Å². The second-order valence-corrected chi connectivity index (χ2v) is 4.20. The van der Waals surface area contributed by atoms with Crippen LogP contribution in [0.4, 0.5) is 10.5 Å². The average Bonchev–Trinajstić information content (AvgIpc) is 2.62. The Kier molecular flexibility index (Phi) is 2.83. The molecule has 0 N–H and O–H groups in total. The van der Waals surface area contributed by atoms with E-state index in [1.54, 1.807) is 17.0 Å². The SMILES string of the molecule is CN(C)C1=NC(=O)N(c2ccc(Cl)cc2)C1. The molecular weight excluding hydrogens is 226 g/mol. The van der Waals surface area contributed by atoms with Crippen molar-refractivity contribution in [2.45, 2.75) is 0 Å². The van der Waals surface area contributed by atoms with E-state index in [9.17, 15) is 4.79 Å². The number of nitrogens with zero attached hydrogens (tertiary/aromatic N) is 3. The van der Waals surface area contributed by atoms with Gasteiger partial charge in [0, 0.05) is 24.8 Å². The predicted octanol–water partition coefficient (Wildman–Crippen LogP) is 2.24. The van der Waals surface area contributed by atoms with E-state index >= 15 is 0 Å². The van der Waals surface area contributed by atoms with E-state index < -0.39 is 0 Å². The molecule has 0 saturated heterocycles. The lowest BCUT2D eigenvalue weighted by atomic mass is 10.3. The summed E-state index contributed by atoms with van der Waals surface area (Å²) >= 11 is 5.79. The van der Waals surface area contributed by atoms with Gasteiger partial charge in [0.25, 0.3) is 0 Å². The summed E-state index contributed by atoms with van der Waals surface area (Å²) in [6.07, 6.45) is 0. The van der Waals surface area contributed by atoms with E-state index in [1.165, 1.54) is 0 Å². The lowest BCUT2D eigenvalue weighted by Crippen LogP contribution is -2.31. The first-order chi connectivity index (χ1) is 7.58. The van der Waals surface area contributed by atoms with Crippen LogP contribution in [0.2, 0.25) is 5.02 Å². The average molecular weight is 238 g/mol. The summed E-state index contributed by atoms with van der Waals surface area (Å²) in [6, 6.07) is 6.92. The van der Waals surface area contributed by atoms with Crippen molar-refractivity contribution in [2.24, 2.45) is 4.99 Å². The van der Waals surface area contributed by atoms with Gasteiger partial charge in [-0.2, -0.15) is 4.99 Å². The molecule has 0 bridgehead atoms. The van der Waals surface area contributed by atoms with E-state index in [-0.39, 0.29) is 6.03 Å². The fourth-order valence-corrected chi connectivity index (χ4v) is 1.61. The van der Waals surface area contributed by atoms with Crippen LogP contribution in [0, 0.1) is 0 Å². The summed E-state index contributed by atoms with van der Waals surface area (Å²) in [6.45, 7) is 0.507. The smallest absolute Gasteiger partial charge is 0.350 e. The summed E-state index contributed by atoms with van der Waals surface area (Å²) in [7, 11) is 3.74. The maximum Gasteiger partial charge on any atom is 0.350 e. The molecule has 5 heteroatoms. The van der Waals surface area contributed by atoms with E-state index in [1.807, 2.05) is 31.1 Å². The van der Waals surface area contributed by atoms with Crippen molar-refractivity contribution in [2.75, 3.05) is 25.5 Å². The molecule has 2 rings (SSSR count). The Bertz CT molecular complexity index is 439. The molecule has 16 heavy (non-hydrogen) atoms. The lowest BCUT2D eigenvalue weighted by molar-refractivity contribution is 0.256. The van der Waals surface area contributed by atoms with Crippen LogP contribution in [0.25, 0.3) is 0 Å². The molecular formula is C11H12ClN3O. The number of aliphatic imine (C=N–C) groups is 1. The minimum absolute atomic E-state index is 0.231. The third kappa shape index (κ3) is 2.02. The van der Waals surface area contributed by atoms with Crippen molar-refractivity contribution < 1.29 is 4.79 Å². The van der Waals surface area contributed by atoms with Crippen LogP contribution >= 0.6 is 11.6 Å². The van der Waals surface area contributed by atoms with Gasteiger partial charge < -0.3 is 4.90 Å². The van der Waals surface area contributed by atoms with Crippen molar-refractivity contribution in [3.05, 3.63) is 29.3 Å². The Morgan fingerprint density at radius 3 is 2.44 bits per heavy atom. The fraction of sp³-hybridized carbons (Fsp3) is 0.273. The summed E-state index contributed by atoms with van der Waals surface area (Å²) in [4.78, 5) is 19.1. The van der Waals surface area contributed by atoms with Crippen LogP contribution in [0.3, 0.4) is 0 Å². The highest BCUT2D eigenvalue weighted by atomic mass is 35.5. The second kappa shape index (κ2) is 4.14. The van der Waals surface area contributed by atoms with Gasteiger partial charge in [-0.25, -0.2) is 4.79 Å². The molecule has 1 aromatic rings. The Morgan fingerprint density at radius 1 is 1.31 bits per heavy atom. The third-order valence-corrected chi connectivity index (χ3v) is 2.66. The van der Waals surface area contributed by atoms with Crippen LogP contribution in [0.15, 0.2) is 29.3 Å². The first-order valence-corrected chi connectivity index (χ1v) is 5.27. The molecule has 0 fully saturated rings. The summed E-state index contributed by atoms with van der Waals surface area (Å²) in [5.74, 6) is 0.764. The van der Waals surface area contributed by atoms with E-state index in [0.29, 0.717) is 11.6 Å². The number of amidine groups is 1. The fourth-order valence-electron chi connectivity index (χ4n) is 1.48. The molecule has 1 aliphatic rings. The highest BCUT2D eigenvalue weighted by Crippen LogP contribution is 2.21. The Labute approximate surface area is 99.1 Å². The molecule has 4 nitrogen and oxygen atoms in total. The summed E-state index contributed by atoms with van der Waals surface area (Å²) < 4.78 is 0. The summed E-state index contributed by atoms with van der Waals surface area (Å²) in [5.41, 5.74) is 0.815. The van der Waals surface area contributed by atoms with Gasteiger partial charge in [0.15, 0.2) is 0 Å². The van der Waals surface area contributed by atoms with Gasteiger partial charge in [-0.15, -0.1) is 0 Å². The summed E-state index contributed by atoms with van der Waals surface area (Å²) in [5, 5.41) is 0.657. The van der Waals surface area contributed by atoms with Gasteiger partial charge in [-0.1, -0.05) is 11.6 Å². The zero-order valence-corrected chi connectivity index (χ0v) is 9.90. The molecule has 0 radical (unpaired) electrons. The highest BCUT2D eigenvalue weighted by Gasteiger charge is 2.25. The molecule has 84 valence electrons. The van der Waals surface area contributed by atoms with Crippen molar-refractivity contribution in [1.82, 2.24) is 4.90 Å². The minimum Gasteiger partial charge on any atom is -0.365 e. The number of halogens is 1. The van der Waals surface area contributed by atoms with E-state index in [4.69, 9.17) is 11.6 Å². The van der Waals surface area contributed by atoms with Gasteiger partial charge in [0.1, 0.15) is 5.84 Å². The number of hydrogen-bond donors (Lipinski definition) is 0. The molecule has 0 atom stereocenters. The number of anilines is 1. The standard InChI is InChI=1S/C11H12ClN3O/c1-14(2)10-7-15(11(16)13-10)9-5-3-8(12)4-6-9/h3-6H,7H2,1-2H3. The maximum atomic E-state index is 11.7. The van der Waals surface area contributed by atoms with Crippen molar-refractivity contribution >= 4 is 29.2 Å². The number of carbonyl (C=O) groups excluding carboxylic acids is 1. The highest BCUT2D eigenvalue weighted by molar-refractivity contribution is 6.30. The number of urea groups is 1. The van der Waals surface area contributed by atoms with Crippen LogP contribution in [0.5, 0.6) is 0 Å². The van der Waals surface area contributed by atoms with Crippen molar-refractivity contribution in [3.63, 3.8) is 0 Å². The number of hydrogen-bond acceptors (Lipinski definition) is 2. The number of carbonyl (C=O) groups is 1. The Morgan fingerprint density at radius 2 is 1.94 bits per heavy atom. The third-order valence-electron chi connectivity index (χ3n) is 2.41. The van der Waals surface area contributed by atoms with Crippen molar-refractivity contribution in [3.8, 4) is 0 Å². The van der Waals surface area contributed by atoms with Crippen LogP contribution in [-0.4, -0.2) is 37.4 Å². The second-order valence-electron chi connectivity index (χ2n) is 3.77. The number of likely N-dealkylation sites (N-methyl/N-ethyl adjacent to an activating group) is 1. The Hall–Kier alpha value is -1.55. The number of amides is 2. The van der Waals surface area contributed by atoms with Gasteiger partial charge in [0.2, 0.25) is 0 Å². The monoisotopic (exact) mass is 237 g/mol.